The summed E-state index contributed by atoms with van der Waals surface area (Å²) < 4.78 is 5.67. The van der Waals surface area contributed by atoms with Crippen molar-refractivity contribution in [2.24, 2.45) is 0 Å². The molecule has 17 heavy (non-hydrogen) atoms. The second-order valence-corrected chi connectivity index (χ2v) is 4.33. The molecule has 2 N–H and O–H groups in total. The average molecular weight is 230 g/mol. The number of phenols is 1. The molecule has 4 nitrogen and oxygen atoms in total. The first-order chi connectivity index (χ1) is 8.25. The van der Waals surface area contributed by atoms with Crippen molar-refractivity contribution in [1.82, 2.24) is 10.3 Å². The van der Waals surface area contributed by atoms with E-state index in [1.807, 2.05) is 19.1 Å². The summed E-state index contributed by atoms with van der Waals surface area (Å²) in [5.41, 5.74) is 1.47. The van der Waals surface area contributed by atoms with E-state index in [9.17, 15) is 5.11 Å². The Morgan fingerprint density at radius 3 is 2.76 bits per heavy atom. The van der Waals surface area contributed by atoms with E-state index in [-0.39, 0.29) is 5.75 Å². The van der Waals surface area contributed by atoms with Crippen molar-refractivity contribution >= 4 is 0 Å². The highest BCUT2D eigenvalue weighted by Crippen LogP contribution is 2.32. The predicted molar refractivity (Wildman–Crippen MR) is 64.0 cm³/mol. The van der Waals surface area contributed by atoms with Gasteiger partial charge >= 0.3 is 0 Å². The number of aromatic nitrogens is 1. The van der Waals surface area contributed by atoms with Crippen molar-refractivity contribution in [3.05, 3.63) is 35.9 Å². The Morgan fingerprint density at radius 2 is 2.12 bits per heavy atom. The first-order valence-corrected chi connectivity index (χ1v) is 5.72. The lowest BCUT2D eigenvalue weighted by atomic mass is 10.0. The minimum absolute atomic E-state index is 0.238. The normalized spacial score (nSPS) is 15.8. The number of hydrogen-bond donors (Lipinski definition) is 2. The second-order valence-electron chi connectivity index (χ2n) is 4.33. The summed E-state index contributed by atoms with van der Waals surface area (Å²) in [5.74, 6) is 2.13. The van der Waals surface area contributed by atoms with Crippen LogP contribution in [0.15, 0.2) is 28.7 Å². The zero-order valence-corrected chi connectivity index (χ0v) is 9.60. The highest BCUT2D eigenvalue weighted by molar-refractivity contribution is 5.68. The first kappa shape index (κ1) is 10.4. The van der Waals surface area contributed by atoms with Gasteiger partial charge in [-0.3, -0.25) is 0 Å². The number of aromatic hydroxyl groups is 1. The fraction of sp³-hybridized carbons (Fsp3) is 0.308. The number of nitrogens with one attached hydrogen (secondary N) is 1. The summed E-state index contributed by atoms with van der Waals surface area (Å²) in [6.45, 7) is 3.71. The molecule has 3 rings (SSSR count). The van der Waals surface area contributed by atoms with Gasteiger partial charge in [0, 0.05) is 18.7 Å². The Morgan fingerprint density at radius 1 is 1.35 bits per heavy atom. The zero-order valence-electron chi connectivity index (χ0n) is 9.60. The number of phenolic OH excluding ortho intramolecular Hbond substituents is 1. The number of para-hydroxylation sites is 1. The summed E-state index contributed by atoms with van der Waals surface area (Å²) in [7, 11) is 0. The molecular formula is C13H14N2O2. The Bertz CT molecular complexity index is 544. The molecule has 1 aliphatic heterocycles. The van der Waals surface area contributed by atoms with Crippen LogP contribution in [0.2, 0.25) is 0 Å². The largest absolute Gasteiger partial charge is 0.507 e. The summed E-state index contributed by atoms with van der Waals surface area (Å²) in [5, 5.41) is 13.0. The third-order valence-electron chi connectivity index (χ3n) is 3.10. The van der Waals surface area contributed by atoms with E-state index in [1.54, 1.807) is 12.1 Å². The van der Waals surface area contributed by atoms with E-state index in [0.717, 1.165) is 36.0 Å². The number of benzene rings is 1. The Balaban J connectivity index is 2.03. The van der Waals surface area contributed by atoms with Gasteiger partial charge in [0.25, 0.3) is 0 Å². The molecule has 0 radical (unpaired) electrons. The second kappa shape index (κ2) is 3.89. The van der Waals surface area contributed by atoms with Crippen molar-refractivity contribution in [3.63, 3.8) is 0 Å². The number of nitrogens with zero attached hydrogens (tertiary/aromatic N) is 1. The molecule has 1 aromatic carbocycles. The molecule has 0 unspecified atom stereocenters. The molecule has 0 bridgehead atoms. The maximum Gasteiger partial charge on any atom is 0.200 e. The van der Waals surface area contributed by atoms with E-state index in [1.165, 1.54) is 0 Å². The van der Waals surface area contributed by atoms with Gasteiger partial charge in [-0.15, -0.1) is 0 Å². The average Bonchev–Trinajstić information content (AvgIpc) is 2.58. The Hall–Kier alpha value is -1.81. The molecule has 0 amide bonds. The van der Waals surface area contributed by atoms with Gasteiger partial charge in [-0.1, -0.05) is 12.1 Å². The molecular weight excluding hydrogens is 216 g/mol. The molecule has 4 heteroatoms. The monoisotopic (exact) mass is 230 g/mol. The van der Waals surface area contributed by atoms with E-state index in [0.29, 0.717) is 5.92 Å². The van der Waals surface area contributed by atoms with Crippen molar-refractivity contribution in [1.29, 1.82) is 0 Å². The number of rotatable bonds is 2. The van der Waals surface area contributed by atoms with Crippen LogP contribution in [-0.2, 0) is 0 Å². The third-order valence-corrected chi connectivity index (χ3v) is 3.10. The Labute approximate surface area is 99.3 Å². The van der Waals surface area contributed by atoms with Gasteiger partial charge in [0.05, 0.1) is 5.92 Å². The first-order valence-electron chi connectivity index (χ1n) is 5.72. The van der Waals surface area contributed by atoms with Crippen molar-refractivity contribution in [2.75, 3.05) is 13.1 Å². The van der Waals surface area contributed by atoms with Gasteiger partial charge in [-0.2, -0.15) is 0 Å². The van der Waals surface area contributed by atoms with Gasteiger partial charge in [0.1, 0.15) is 17.2 Å². The summed E-state index contributed by atoms with van der Waals surface area (Å²) >= 11 is 0. The van der Waals surface area contributed by atoms with Crippen LogP contribution < -0.4 is 5.32 Å². The van der Waals surface area contributed by atoms with Crippen LogP contribution in [0.1, 0.15) is 17.6 Å². The van der Waals surface area contributed by atoms with E-state index in [4.69, 9.17) is 4.42 Å². The SMILES string of the molecule is Cc1oc(C2CNC2)nc1-c1ccccc1O. The molecule has 0 aliphatic carbocycles. The summed E-state index contributed by atoms with van der Waals surface area (Å²) in [6, 6.07) is 7.19. The highest BCUT2D eigenvalue weighted by atomic mass is 16.4. The van der Waals surface area contributed by atoms with Gasteiger partial charge in [0.2, 0.25) is 5.89 Å². The molecule has 2 aromatic rings. The lowest BCUT2D eigenvalue weighted by Crippen LogP contribution is -2.40. The highest BCUT2D eigenvalue weighted by Gasteiger charge is 2.26. The topological polar surface area (TPSA) is 58.3 Å². The number of aryl methyl sites for hydroxylation is 1. The minimum atomic E-state index is 0.238. The molecule has 0 atom stereocenters. The fourth-order valence-corrected chi connectivity index (χ4v) is 1.98. The van der Waals surface area contributed by atoms with Crippen LogP contribution in [0.4, 0.5) is 0 Å². The van der Waals surface area contributed by atoms with Gasteiger partial charge in [0.15, 0.2) is 0 Å². The lowest BCUT2D eigenvalue weighted by molar-refractivity contribution is 0.350. The van der Waals surface area contributed by atoms with Crippen LogP contribution in [0.25, 0.3) is 11.3 Å². The quantitative estimate of drug-likeness (QED) is 0.829. The minimum Gasteiger partial charge on any atom is -0.507 e. The van der Waals surface area contributed by atoms with E-state index < -0.39 is 0 Å². The van der Waals surface area contributed by atoms with Gasteiger partial charge in [-0.05, 0) is 19.1 Å². The van der Waals surface area contributed by atoms with Gasteiger partial charge < -0.3 is 14.8 Å². The third kappa shape index (κ3) is 1.70. The van der Waals surface area contributed by atoms with Gasteiger partial charge in [-0.25, -0.2) is 4.98 Å². The molecule has 88 valence electrons. The van der Waals surface area contributed by atoms with Crippen LogP contribution in [0.5, 0.6) is 5.75 Å². The molecule has 1 saturated heterocycles. The standard InChI is InChI=1S/C13H14N2O2/c1-8-12(10-4-2-3-5-11(10)16)15-13(17-8)9-6-14-7-9/h2-5,9,14,16H,6-7H2,1H3. The number of oxazole rings is 1. The maximum atomic E-state index is 9.81. The molecule has 2 heterocycles. The number of hydrogen-bond acceptors (Lipinski definition) is 4. The van der Waals surface area contributed by atoms with E-state index >= 15 is 0 Å². The van der Waals surface area contributed by atoms with Crippen molar-refractivity contribution in [2.45, 2.75) is 12.8 Å². The van der Waals surface area contributed by atoms with Crippen LogP contribution in [-0.4, -0.2) is 23.2 Å². The van der Waals surface area contributed by atoms with Crippen LogP contribution >= 0.6 is 0 Å². The van der Waals surface area contributed by atoms with Crippen LogP contribution in [0, 0.1) is 6.92 Å². The molecule has 1 aromatic heterocycles. The molecule has 0 spiro atoms. The van der Waals surface area contributed by atoms with Crippen LogP contribution in [0.3, 0.4) is 0 Å². The zero-order chi connectivity index (χ0) is 11.8. The summed E-state index contributed by atoms with van der Waals surface area (Å²) in [4.78, 5) is 4.50. The maximum absolute atomic E-state index is 9.81. The molecule has 1 fully saturated rings. The lowest BCUT2D eigenvalue weighted by Gasteiger charge is -2.23. The smallest absolute Gasteiger partial charge is 0.200 e. The summed E-state index contributed by atoms with van der Waals surface area (Å²) in [6.07, 6.45) is 0. The van der Waals surface area contributed by atoms with E-state index in [2.05, 4.69) is 10.3 Å². The van der Waals surface area contributed by atoms with Crippen molar-refractivity contribution in [3.8, 4) is 17.0 Å². The predicted octanol–water partition coefficient (Wildman–Crippen LogP) is 2.04. The molecule has 1 aliphatic rings. The van der Waals surface area contributed by atoms with Crippen molar-refractivity contribution < 1.29 is 9.52 Å². The molecule has 0 saturated carbocycles. The fourth-order valence-electron chi connectivity index (χ4n) is 1.98. The Kier molecular flexibility index (Phi) is 2.37.